The SMILES string of the molecule is CCNC(=NCc1coc(-c2ccccc2)n1)NCCC1CCN(C)CC1.I. The van der Waals surface area contributed by atoms with Crippen LogP contribution in [0.1, 0.15) is 31.9 Å². The Kier molecular flexibility index (Phi) is 9.77. The number of aliphatic imine (C=N–C) groups is 1. The van der Waals surface area contributed by atoms with Crippen LogP contribution in [-0.2, 0) is 6.54 Å². The van der Waals surface area contributed by atoms with Crippen molar-refractivity contribution in [3.8, 4) is 11.5 Å². The molecule has 3 rings (SSSR count). The van der Waals surface area contributed by atoms with Gasteiger partial charge in [0.25, 0.3) is 0 Å². The van der Waals surface area contributed by atoms with Gasteiger partial charge in [-0.25, -0.2) is 9.98 Å². The van der Waals surface area contributed by atoms with Crippen molar-refractivity contribution in [1.29, 1.82) is 0 Å². The molecule has 1 fully saturated rings. The molecule has 1 aromatic carbocycles. The number of rotatable bonds is 7. The Hall–Kier alpha value is -1.61. The zero-order valence-corrected chi connectivity index (χ0v) is 19.2. The number of likely N-dealkylation sites (tertiary alicyclic amines) is 1. The normalized spacial score (nSPS) is 15.9. The van der Waals surface area contributed by atoms with E-state index in [9.17, 15) is 0 Å². The number of oxazole rings is 1. The van der Waals surface area contributed by atoms with Crippen LogP contribution in [0.5, 0.6) is 0 Å². The summed E-state index contributed by atoms with van der Waals surface area (Å²) in [4.78, 5) is 11.6. The van der Waals surface area contributed by atoms with Gasteiger partial charge in [-0.3, -0.25) is 0 Å². The van der Waals surface area contributed by atoms with E-state index < -0.39 is 0 Å². The summed E-state index contributed by atoms with van der Waals surface area (Å²) in [6, 6.07) is 9.93. The molecule has 7 heteroatoms. The Morgan fingerprint density at radius 3 is 2.68 bits per heavy atom. The van der Waals surface area contributed by atoms with Crippen molar-refractivity contribution in [1.82, 2.24) is 20.5 Å². The lowest BCUT2D eigenvalue weighted by Gasteiger charge is -2.29. The molecule has 1 saturated heterocycles. The molecule has 0 unspecified atom stereocenters. The number of hydrogen-bond acceptors (Lipinski definition) is 4. The van der Waals surface area contributed by atoms with Gasteiger partial charge in [0, 0.05) is 18.7 Å². The van der Waals surface area contributed by atoms with Gasteiger partial charge in [-0.1, -0.05) is 18.2 Å². The molecule has 154 valence electrons. The highest BCUT2D eigenvalue weighted by molar-refractivity contribution is 14.0. The first-order chi connectivity index (χ1) is 13.2. The molecule has 0 amide bonds. The van der Waals surface area contributed by atoms with Crippen LogP contribution in [0.25, 0.3) is 11.5 Å². The van der Waals surface area contributed by atoms with Gasteiger partial charge in [-0.2, -0.15) is 0 Å². The molecule has 0 bridgehead atoms. The van der Waals surface area contributed by atoms with Gasteiger partial charge in [0.2, 0.25) is 5.89 Å². The summed E-state index contributed by atoms with van der Waals surface area (Å²) < 4.78 is 5.59. The van der Waals surface area contributed by atoms with E-state index >= 15 is 0 Å². The topological polar surface area (TPSA) is 65.7 Å². The van der Waals surface area contributed by atoms with E-state index in [-0.39, 0.29) is 24.0 Å². The summed E-state index contributed by atoms with van der Waals surface area (Å²) >= 11 is 0. The average molecular weight is 497 g/mol. The summed E-state index contributed by atoms with van der Waals surface area (Å²) in [6.07, 6.45) is 5.48. The fraction of sp³-hybridized carbons (Fsp3) is 0.524. The van der Waals surface area contributed by atoms with E-state index in [1.807, 2.05) is 30.3 Å². The van der Waals surface area contributed by atoms with E-state index in [2.05, 4.69) is 39.5 Å². The molecule has 0 aliphatic carbocycles. The summed E-state index contributed by atoms with van der Waals surface area (Å²) in [7, 11) is 2.21. The van der Waals surface area contributed by atoms with E-state index in [4.69, 9.17) is 4.42 Å². The monoisotopic (exact) mass is 497 g/mol. The minimum absolute atomic E-state index is 0. The van der Waals surface area contributed by atoms with Crippen LogP contribution < -0.4 is 10.6 Å². The maximum Gasteiger partial charge on any atom is 0.226 e. The standard InChI is InChI=1S/C21H31N5O.HI/c1-3-22-21(23-12-9-17-10-13-26(2)14-11-17)24-15-19-16-27-20(25-19)18-7-5-4-6-8-18;/h4-8,16-17H,3,9-15H2,1-2H3,(H2,22,23,24);1H. The lowest BCUT2D eigenvalue weighted by Crippen LogP contribution is -2.39. The minimum Gasteiger partial charge on any atom is -0.444 e. The summed E-state index contributed by atoms with van der Waals surface area (Å²) in [5.74, 6) is 2.30. The molecular weight excluding hydrogens is 465 g/mol. The number of halogens is 1. The highest BCUT2D eigenvalue weighted by atomic mass is 127. The molecule has 0 atom stereocenters. The molecule has 1 aliphatic rings. The van der Waals surface area contributed by atoms with Gasteiger partial charge >= 0.3 is 0 Å². The Labute approximate surface area is 185 Å². The highest BCUT2D eigenvalue weighted by Gasteiger charge is 2.16. The van der Waals surface area contributed by atoms with Gasteiger partial charge < -0.3 is 20.0 Å². The first kappa shape index (κ1) is 22.7. The largest absolute Gasteiger partial charge is 0.444 e. The number of piperidine rings is 1. The summed E-state index contributed by atoms with van der Waals surface area (Å²) in [6.45, 7) is 6.81. The molecule has 28 heavy (non-hydrogen) atoms. The van der Waals surface area contributed by atoms with Crippen molar-refractivity contribution in [3.63, 3.8) is 0 Å². The molecule has 2 aromatic rings. The van der Waals surface area contributed by atoms with Crippen LogP contribution in [-0.4, -0.2) is 49.1 Å². The third-order valence-electron chi connectivity index (χ3n) is 5.00. The summed E-state index contributed by atoms with van der Waals surface area (Å²) in [5.41, 5.74) is 1.82. The van der Waals surface area contributed by atoms with E-state index in [0.29, 0.717) is 12.4 Å². The molecule has 2 heterocycles. The fourth-order valence-corrected chi connectivity index (χ4v) is 3.34. The van der Waals surface area contributed by atoms with E-state index in [1.54, 1.807) is 6.26 Å². The van der Waals surface area contributed by atoms with Crippen LogP contribution in [0, 0.1) is 5.92 Å². The number of benzene rings is 1. The molecule has 1 aromatic heterocycles. The van der Waals surface area contributed by atoms with Gasteiger partial charge in [0.05, 0.1) is 6.54 Å². The molecule has 1 aliphatic heterocycles. The summed E-state index contributed by atoms with van der Waals surface area (Å²) in [5, 5.41) is 6.76. The average Bonchev–Trinajstić information content (AvgIpc) is 3.17. The first-order valence-corrected chi connectivity index (χ1v) is 9.95. The zero-order chi connectivity index (χ0) is 18.9. The van der Waals surface area contributed by atoms with Gasteiger partial charge in [0.15, 0.2) is 5.96 Å². The number of aromatic nitrogens is 1. The van der Waals surface area contributed by atoms with Gasteiger partial charge in [-0.05, 0) is 64.4 Å². The lowest BCUT2D eigenvalue weighted by atomic mass is 9.94. The van der Waals surface area contributed by atoms with Crippen molar-refractivity contribution in [3.05, 3.63) is 42.3 Å². The van der Waals surface area contributed by atoms with Crippen molar-refractivity contribution < 1.29 is 4.42 Å². The molecule has 2 N–H and O–H groups in total. The quantitative estimate of drug-likeness (QED) is 0.347. The Morgan fingerprint density at radius 2 is 1.96 bits per heavy atom. The Morgan fingerprint density at radius 1 is 1.21 bits per heavy atom. The fourth-order valence-electron chi connectivity index (χ4n) is 3.34. The van der Waals surface area contributed by atoms with Crippen LogP contribution in [0.15, 0.2) is 46.0 Å². The van der Waals surface area contributed by atoms with Gasteiger partial charge in [0.1, 0.15) is 12.0 Å². The van der Waals surface area contributed by atoms with Crippen LogP contribution in [0.2, 0.25) is 0 Å². The zero-order valence-electron chi connectivity index (χ0n) is 16.9. The van der Waals surface area contributed by atoms with Crippen LogP contribution >= 0.6 is 24.0 Å². The van der Waals surface area contributed by atoms with Crippen molar-refractivity contribution in [2.45, 2.75) is 32.7 Å². The molecular formula is C21H32IN5O. The van der Waals surface area contributed by atoms with Crippen molar-refractivity contribution >= 4 is 29.9 Å². The maximum atomic E-state index is 5.59. The second-order valence-corrected chi connectivity index (χ2v) is 7.17. The lowest BCUT2D eigenvalue weighted by molar-refractivity contribution is 0.213. The van der Waals surface area contributed by atoms with Crippen molar-refractivity contribution in [2.24, 2.45) is 10.9 Å². The van der Waals surface area contributed by atoms with E-state index in [0.717, 1.165) is 36.2 Å². The number of nitrogens with one attached hydrogen (secondary N) is 2. The highest BCUT2D eigenvalue weighted by Crippen LogP contribution is 2.19. The third kappa shape index (κ3) is 7.09. The second kappa shape index (κ2) is 12.1. The maximum absolute atomic E-state index is 5.59. The Bertz CT molecular complexity index is 711. The van der Waals surface area contributed by atoms with Crippen LogP contribution in [0.3, 0.4) is 0 Å². The molecule has 0 radical (unpaired) electrons. The number of guanidine groups is 1. The Balaban J connectivity index is 0.00000280. The predicted octanol–water partition coefficient (Wildman–Crippen LogP) is 3.75. The third-order valence-corrected chi connectivity index (χ3v) is 5.00. The number of nitrogens with zero attached hydrogens (tertiary/aromatic N) is 3. The smallest absolute Gasteiger partial charge is 0.226 e. The molecule has 0 saturated carbocycles. The predicted molar refractivity (Wildman–Crippen MR) is 125 cm³/mol. The number of hydrogen-bond donors (Lipinski definition) is 2. The molecule has 6 nitrogen and oxygen atoms in total. The van der Waals surface area contributed by atoms with Gasteiger partial charge in [-0.15, -0.1) is 24.0 Å². The molecule has 0 spiro atoms. The van der Waals surface area contributed by atoms with E-state index in [1.165, 1.54) is 32.4 Å². The minimum atomic E-state index is 0. The first-order valence-electron chi connectivity index (χ1n) is 9.95. The van der Waals surface area contributed by atoms with Crippen LogP contribution in [0.4, 0.5) is 0 Å². The van der Waals surface area contributed by atoms with Crippen molar-refractivity contribution in [2.75, 3.05) is 33.2 Å². The second-order valence-electron chi connectivity index (χ2n) is 7.17.